The van der Waals surface area contributed by atoms with E-state index >= 15 is 0 Å². The molecule has 2 fully saturated rings. The van der Waals surface area contributed by atoms with E-state index in [9.17, 15) is 0 Å². The second-order valence-corrected chi connectivity index (χ2v) is 6.48. The third-order valence-corrected chi connectivity index (χ3v) is 4.99. The first-order valence-electron chi connectivity index (χ1n) is 8.06. The van der Waals surface area contributed by atoms with Crippen molar-refractivity contribution in [3.05, 3.63) is 0 Å². The molecule has 2 saturated carbocycles. The van der Waals surface area contributed by atoms with Gasteiger partial charge in [-0.2, -0.15) is 0 Å². The monoisotopic (exact) mass is 253 g/mol. The van der Waals surface area contributed by atoms with Gasteiger partial charge in [0.1, 0.15) is 0 Å². The maximum Gasteiger partial charge on any atom is 0.0613 e. The van der Waals surface area contributed by atoms with E-state index in [-0.39, 0.29) is 0 Å². The van der Waals surface area contributed by atoms with Crippen molar-refractivity contribution in [3.63, 3.8) is 0 Å². The number of rotatable bonds is 5. The Morgan fingerprint density at radius 1 is 1.00 bits per heavy atom. The molecular formula is C16H31NO. The summed E-state index contributed by atoms with van der Waals surface area (Å²) < 4.78 is 5.26. The minimum Gasteiger partial charge on any atom is -0.383 e. The van der Waals surface area contributed by atoms with E-state index in [1.165, 1.54) is 57.8 Å². The Balaban J connectivity index is 1.88. The predicted octanol–water partition coefficient (Wildman–Crippen LogP) is 3.75. The van der Waals surface area contributed by atoms with Crippen LogP contribution in [0, 0.1) is 11.8 Å². The van der Waals surface area contributed by atoms with Crippen molar-refractivity contribution in [2.24, 2.45) is 11.8 Å². The molecule has 2 heteroatoms. The number of ether oxygens (including phenoxy) is 1. The Kier molecular flexibility index (Phi) is 5.97. The van der Waals surface area contributed by atoms with Crippen molar-refractivity contribution >= 4 is 0 Å². The molecule has 0 aromatic carbocycles. The molecule has 2 aliphatic carbocycles. The van der Waals surface area contributed by atoms with Gasteiger partial charge in [-0.1, -0.05) is 44.9 Å². The largest absolute Gasteiger partial charge is 0.383 e. The molecule has 2 aliphatic rings. The predicted molar refractivity (Wildman–Crippen MR) is 76.8 cm³/mol. The van der Waals surface area contributed by atoms with Gasteiger partial charge in [0.2, 0.25) is 0 Å². The number of hydrogen-bond donors (Lipinski definition) is 1. The lowest BCUT2D eigenvalue weighted by molar-refractivity contribution is 0.118. The van der Waals surface area contributed by atoms with Crippen molar-refractivity contribution < 1.29 is 4.74 Å². The van der Waals surface area contributed by atoms with Crippen LogP contribution in [0.4, 0.5) is 0 Å². The second-order valence-electron chi connectivity index (χ2n) is 6.48. The lowest BCUT2D eigenvalue weighted by atomic mass is 9.71. The summed E-state index contributed by atoms with van der Waals surface area (Å²) in [4.78, 5) is 0. The van der Waals surface area contributed by atoms with Crippen LogP contribution in [0.15, 0.2) is 0 Å². The van der Waals surface area contributed by atoms with Crippen LogP contribution in [0.3, 0.4) is 0 Å². The molecule has 18 heavy (non-hydrogen) atoms. The van der Waals surface area contributed by atoms with E-state index in [1.807, 2.05) is 0 Å². The average Bonchev–Trinajstić information content (AvgIpc) is 2.40. The molecule has 0 amide bonds. The molecular weight excluding hydrogens is 222 g/mol. The highest BCUT2D eigenvalue weighted by molar-refractivity contribution is 4.88. The van der Waals surface area contributed by atoms with E-state index in [1.54, 1.807) is 7.11 Å². The standard InChI is InChI=1S/C16H31NO/c1-13(12-18-2)17-16-11-7-6-10-15(16)14-8-4-3-5-9-14/h13-17H,3-12H2,1-2H3. The minimum absolute atomic E-state index is 0.504. The lowest BCUT2D eigenvalue weighted by Crippen LogP contribution is -2.47. The topological polar surface area (TPSA) is 21.3 Å². The Labute approximate surface area is 113 Å². The van der Waals surface area contributed by atoms with Crippen LogP contribution in [-0.4, -0.2) is 25.8 Å². The molecule has 3 atom stereocenters. The van der Waals surface area contributed by atoms with Gasteiger partial charge in [-0.05, 0) is 31.6 Å². The van der Waals surface area contributed by atoms with E-state index in [0.29, 0.717) is 6.04 Å². The summed E-state index contributed by atoms with van der Waals surface area (Å²) in [5.41, 5.74) is 0. The summed E-state index contributed by atoms with van der Waals surface area (Å²) in [5.74, 6) is 1.95. The molecule has 0 bridgehead atoms. The summed E-state index contributed by atoms with van der Waals surface area (Å²) in [7, 11) is 1.80. The first kappa shape index (κ1) is 14.3. The van der Waals surface area contributed by atoms with Gasteiger partial charge in [-0.3, -0.25) is 0 Å². The number of methoxy groups -OCH3 is 1. The highest BCUT2D eigenvalue weighted by Crippen LogP contribution is 2.38. The van der Waals surface area contributed by atoms with Crippen LogP contribution >= 0.6 is 0 Å². The van der Waals surface area contributed by atoms with Crippen LogP contribution in [-0.2, 0) is 4.74 Å². The van der Waals surface area contributed by atoms with Crippen molar-refractivity contribution in [1.82, 2.24) is 5.32 Å². The summed E-state index contributed by atoms with van der Waals surface area (Å²) in [5, 5.41) is 3.84. The molecule has 106 valence electrons. The summed E-state index contributed by atoms with van der Waals surface area (Å²) in [6.07, 6.45) is 13.1. The van der Waals surface area contributed by atoms with Gasteiger partial charge in [0.05, 0.1) is 6.61 Å². The molecule has 0 aromatic heterocycles. The maximum absolute atomic E-state index is 5.26. The first-order valence-corrected chi connectivity index (χ1v) is 8.06. The number of nitrogens with one attached hydrogen (secondary N) is 1. The molecule has 0 spiro atoms. The number of hydrogen-bond acceptors (Lipinski definition) is 2. The van der Waals surface area contributed by atoms with Crippen molar-refractivity contribution in [2.75, 3.05) is 13.7 Å². The highest BCUT2D eigenvalue weighted by Gasteiger charge is 2.32. The summed E-state index contributed by atoms with van der Waals surface area (Å²) in [6.45, 7) is 3.10. The van der Waals surface area contributed by atoms with Gasteiger partial charge in [0.25, 0.3) is 0 Å². The molecule has 0 radical (unpaired) electrons. The zero-order chi connectivity index (χ0) is 12.8. The van der Waals surface area contributed by atoms with Gasteiger partial charge in [-0.15, -0.1) is 0 Å². The van der Waals surface area contributed by atoms with Crippen molar-refractivity contribution in [1.29, 1.82) is 0 Å². The smallest absolute Gasteiger partial charge is 0.0613 e. The Morgan fingerprint density at radius 3 is 2.39 bits per heavy atom. The molecule has 0 heterocycles. The van der Waals surface area contributed by atoms with Crippen molar-refractivity contribution in [2.45, 2.75) is 76.8 Å². The first-order chi connectivity index (χ1) is 8.81. The molecule has 0 aliphatic heterocycles. The fraction of sp³-hybridized carbons (Fsp3) is 1.00. The Hall–Kier alpha value is -0.0800. The lowest BCUT2D eigenvalue weighted by Gasteiger charge is -2.40. The average molecular weight is 253 g/mol. The quantitative estimate of drug-likeness (QED) is 0.805. The molecule has 0 saturated heterocycles. The maximum atomic E-state index is 5.26. The van der Waals surface area contributed by atoms with Crippen molar-refractivity contribution in [3.8, 4) is 0 Å². The fourth-order valence-corrected chi connectivity index (χ4v) is 4.16. The third kappa shape index (κ3) is 3.96. The second kappa shape index (κ2) is 7.49. The summed E-state index contributed by atoms with van der Waals surface area (Å²) in [6, 6.07) is 1.26. The van der Waals surface area contributed by atoms with E-state index in [4.69, 9.17) is 4.74 Å². The van der Waals surface area contributed by atoms with Gasteiger partial charge >= 0.3 is 0 Å². The summed E-state index contributed by atoms with van der Waals surface area (Å²) >= 11 is 0. The van der Waals surface area contributed by atoms with E-state index in [0.717, 1.165) is 24.5 Å². The zero-order valence-electron chi connectivity index (χ0n) is 12.3. The van der Waals surface area contributed by atoms with Crippen LogP contribution in [0.1, 0.15) is 64.7 Å². The van der Waals surface area contributed by atoms with Crippen LogP contribution < -0.4 is 5.32 Å². The normalized spacial score (nSPS) is 32.3. The molecule has 0 aromatic rings. The van der Waals surface area contributed by atoms with Gasteiger partial charge in [-0.25, -0.2) is 0 Å². The van der Waals surface area contributed by atoms with Gasteiger partial charge in [0, 0.05) is 19.2 Å². The van der Waals surface area contributed by atoms with Crippen LogP contribution in [0.2, 0.25) is 0 Å². The Morgan fingerprint density at radius 2 is 1.67 bits per heavy atom. The fourth-order valence-electron chi connectivity index (χ4n) is 4.16. The molecule has 2 nitrogen and oxygen atoms in total. The SMILES string of the molecule is COCC(C)NC1CCCCC1C1CCCCC1. The molecule has 2 rings (SSSR count). The Bertz CT molecular complexity index is 225. The molecule has 1 N–H and O–H groups in total. The highest BCUT2D eigenvalue weighted by atomic mass is 16.5. The molecule has 3 unspecified atom stereocenters. The third-order valence-electron chi connectivity index (χ3n) is 4.99. The minimum atomic E-state index is 0.504. The van der Waals surface area contributed by atoms with Gasteiger partial charge in [0.15, 0.2) is 0 Å². The van der Waals surface area contributed by atoms with Crippen LogP contribution in [0.5, 0.6) is 0 Å². The zero-order valence-corrected chi connectivity index (χ0v) is 12.3. The van der Waals surface area contributed by atoms with Gasteiger partial charge < -0.3 is 10.1 Å². The van der Waals surface area contributed by atoms with E-state index < -0.39 is 0 Å². The van der Waals surface area contributed by atoms with E-state index in [2.05, 4.69) is 12.2 Å². The van der Waals surface area contributed by atoms with Crippen LogP contribution in [0.25, 0.3) is 0 Å².